The molecule has 0 aromatic heterocycles. The maximum atomic E-state index is 14.8. The van der Waals surface area contributed by atoms with Crippen LogP contribution in [0.1, 0.15) is 44.1 Å². The molecule has 0 bridgehead atoms. The highest BCUT2D eigenvalue weighted by atomic mass is 19.2. The zero-order chi connectivity index (χ0) is 19.1. The molecule has 140 valence electrons. The number of fused-ring (bicyclic) bond motifs is 1. The van der Waals surface area contributed by atoms with Crippen LogP contribution in [0.15, 0.2) is 42.5 Å². The number of rotatable bonds is 2. The molecule has 0 unspecified atom stereocenters. The highest BCUT2D eigenvalue weighted by molar-refractivity contribution is 5.88. The highest BCUT2D eigenvalue weighted by Crippen LogP contribution is 2.37. The van der Waals surface area contributed by atoms with E-state index in [4.69, 9.17) is 0 Å². The van der Waals surface area contributed by atoms with Crippen molar-refractivity contribution in [3.63, 3.8) is 0 Å². The van der Waals surface area contributed by atoms with Crippen molar-refractivity contribution in [1.82, 2.24) is 0 Å². The molecule has 0 atom stereocenters. The third-order valence-corrected chi connectivity index (χ3v) is 5.76. The molecule has 0 spiro atoms. The fraction of sp³-hybridized carbons (Fsp3) is 0.304. The van der Waals surface area contributed by atoms with Crippen LogP contribution in [0.25, 0.3) is 21.9 Å². The van der Waals surface area contributed by atoms with Gasteiger partial charge in [0.25, 0.3) is 0 Å². The van der Waals surface area contributed by atoms with Crippen molar-refractivity contribution in [3.8, 4) is 11.1 Å². The molecule has 27 heavy (non-hydrogen) atoms. The van der Waals surface area contributed by atoms with Crippen molar-refractivity contribution in [3.05, 3.63) is 71.3 Å². The van der Waals surface area contributed by atoms with Crippen molar-refractivity contribution in [1.29, 1.82) is 0 Å². The molecule has 0 saturated heterocycles. The van der Waals surface area contributed by atoms with Gasteiger partial charge in [-0.3, -0.25) is 0 Å². The summed E-state index contributed by atoms with van der Waals surface area (Å²) in [5.74, 6) is -3.21. The Bertz CT molecular complexity index is 1000. The van der Waals surface area contributed by atoms with Gasteiger partial charge in [-0.1, -0.05) is 44.0 Å². The maximum absolute atomic E-state index is 14.8. The number of halogens is 4. The van der Waals surface area contributed by atoms with Gasteiger partial charge in [-0.05, 0) is 59.4 Å². The minimum Gasteiger partial charge on any atom is -0.206 e. The molecule has 0 N–H and O–H groups in total. The van der Waals surface area contributed by atoms with Crippen LogP contribution < -0.4 is 0 Å². The average Bonchev–Trinajstić information content (AvgIpc) is 2.66. The summed E-state index contributed by atoms with van der Waals surface area (Å²) in [5, 5.41) is 0.180. The minimum absolute atomic E-state index is 0.0222. The Balaban J connectivity index is 1.70. The highest BCUT2D eigenvalue weighted by Gasteiger charge is 2.21. The summed E-state index contributed by atoms with van der Waals surface area (Å²) in [6, 6.07) is 10.6. The molecule has 1 fully saturated rings. The van der Waals surface area contributed by atoms with Crippen LogP contribution in [0.5, 0.6) is 0 Å². The lowest BCUT2D eigenvalue weighted by atomic mass is 9.79. The molecular weight excluding hydrogens is 352 g/mol. The minimum atomic E-state index is -1.49. The largest absolute Gasteiger partial charge is 0.206 e. The standard InChI is InChI=1S/C23H20F4/c1-13-2-4-14(5-3-13)15-6-8-18(20(24)11-15)16-7-9-19-17(10-16)12-21(25)23(27)22(19)26/h6-14H,2-5H2,1H3. The second kappa shape index (κ2) is 6.99. The maximum Gasteiger partial charge on any atom is 0.195 e. The van der Waals surface area contributed by atoms with Gasteiger partial charge in [0.15, 0.2) is 17.5 Å². The molecule has 1 aliphatic carbocycles. The summed E-state index contributed by atoms with van der Waals surface area (Å²) in [7, 11) is 0. The molecule has 0 amide bonds. The van der Waals surface area contributed by atoms with Crippen LogP contribution in [-0.2, 0) is 0 Å². The van der Waals surface area contributed by atoms with E-state index in [0.29, 0.717) is 17.0 Å². The lowest BCUT2D eigenvalue weighted by Crippen LogP contribution is -2.11. The molecule has 0 aliphatic heterocycles. The van der Waals surface area contributed by atoms with Crippen molar-refractivity contribution in [2.75, 3.05) is 0 Å². The van der Waals surface area contributed by atoms with Crippen molar-refractivity contribution in [2.45, 2.75) is 38.5 Å². The molecule has 0 radical (unpaired) electrons. The van der Waals surface area contributed by atoms with E-state index in [9.17, 15) is 17.6 Å². The first kappa shape index (κ1) is 18.0. The summed E-state index contributed by atoms with van der Waals surface area (Å²) >= 11 is 0. The Labute approximate surface area is 155 Å². The zero-order valence-corrected chi connectivity index (χ0v) is 15.0. The van der Waals surface area contributed by atoms with E-state index in [1.165, 1.54) is 18.2 Å². The number of hydrogen-bond acceptors (Lipinski definition) is 0. The monoisotopic (exact) mass is 372 g/mol. The average molecular weight is 372 g/mol. The van der Waals surface area contributed by atoms with Gasteiger partial charge in [-0.15, -0.1) is 0 Å². The molecule has 1 aliphatic rings. The van der Waals surface area contributed by atoms with E-state index in [1.807, 2.05) is 6.07 Å². The van der Waals surface area contributed by atoms with E-state index in [2.05, 4.69) is 6.92 Å². The smallest absolute Gasteiger partial charge is 0.195 e. The topological polar surface area (TPSA) is 0 Å². The fourth-order valence-corrected chi connectivity index (χ4v) is 4.09. The van der Waals surface area contributed by atoms with Gasteiger partial charge >= 0.3 is 0 Å². The van der Waals surface area contributed by atoms with Gasteiger partial charge in [-0.2, -0.15) is 0 Å². The van der Waals surface area contributed by atoms with E-state index >= 15 is 0 Å². The quantitative estimate of drug-likeness (QED) is 0.326. The van der Waals surface area contributed by atoms with Gasteiger partial charge in [-0.25, -0.2) is 17.6 Å². The molecule has 0 nitrogen and oxygen atoms in total. The first-order chi connectivity index (χ1) is 12.9. The molecule has 3 aromatic carbocycles. The summed E-state index contributed by atoms with van der Waals surface area (Å²) < 4.78 is 55.6. The Kier molecular flexibility index (Phi) is 4.67. The van der Waals surface area contributed by atoms with Crippen molar-refractivity contribution in [2.24, 2.45) is 5.92 Å². The SMILES string of the molecule is CC1CCC(c2ccc(-c3ccc4c(F)c(F)c(F)cc4c3)c(F)c2)CC1. The summed E-state index contributed by atoms with van der Waals surface area (Å²) in [6.45, 7) is 2.25. The van der Waals surface area contributed by atoms with E-state index in [1.54, 1.807) is 12.1 Å². The normalized spacial score (nSPS) is 20.2. The zero-order valence-electron chi connectivity index (χ0n) is 15.0. The number of hydrogen-bond donors (Lipinski definition) is 0. The Hall–Kier alpha value is -2.36. The molecule has 1 saturated carbocycles. The Morgan fingerprint density at radius 3 is 2.19 bits per heavy atom. The number of benzene rings is 3. The second-order valence-corrected chi connectivity index (χ2v) is 7.62. The first-order valence-corrected chi connectivity index (χ1v) is 9.31. The van der Waals surface area contributed by atoms with Crippen LogP contribution in [0.2, 0.25) is 0 Å². The molecule has 4 rings (SSSR count). The van der Waals surface area contributed by atoms with Crippen molar-refractivity contribution < 1.29 is 17.6 Å². The van der Waals surface area contributed by atoms with Gasteiger partial charge in [0, 0.05) is 10.9 Å². The van der Waals surface area contributed by atoms with E-state index in [0.717, 1.165) is 43.2 Å². The molecule has 0 heterocycles. The molecular formula is C23H20F4. The summed E-state index contributed by atoms with van der Waals surface area (Å²) in [5.41, 5.74) is 1.88. The predicted molar refractivity (Wildman–Crippen MR) is 99.6 cm³/mol. The first-order valence-electron chi connectivity index (χ1n) is 9.31. The van der Waals surface area contributed by atoms with Gasteiger partial charge in [0.2, 0.25) is 0 Å². The van der Waals surface area contributed by atoms with Gasteiger partial charge < -0.3 is 0 Å². The van der Waals surface area contributed by atoms with Crippen LogP contribution in [0.4, 0.5) is 17.6 Å². The van der Waals surface area contributed by atoms with Gasteiger partial charge in [0.05, 0.1) is 0 Å². The third kappa shape index (κ3) is 3.33. The van der Waals surface area contributed by atoms with Gasteiger partial charge in [0.1, 0.15) is 5.82 Å². The van der Waals surface area contributed by atoms with E-state index < -0.39 is 17.5 Å². The van der Waals surface area contributed by atoms with Crippen LogP contribution >= 0.6 is 0 Å². The van der Waals surface area contributed by atoms with E-state index in [-0.39, 0.29) is 16.6 Å². The summed E-state index contributed by atoms with van der Waals surface area (Å²) in [6.07, 6.45) is 4.46. The predicted octanol–water partition coefficient (Wildman–Crippen LogP) is 7.36. The van der Waals surface area contributed by atoms with Crippen LogP contribution in [0.3, 0.4) is 0 Å². The third-order valence-electron chi connectivity index (χ3n) is 5.76. The molecule has 3 aromatic rings. The van der Waals surface area contributed by atoms with Crippen LogP contribution in [0, 0.1) is 29.2 Å². The Morgan fingerprint density at radius 1 is 0.741 bits per heavy atom. The fourth-order valence-electron chi connectivity index (χ4n) is 4.09. The van der Waals surface area contributed by atoms with Crippen molar-refractivity contribution >= 4 is 10.8 Å². The Morgan fingerprint density at radius 2 is 1.48 bits per heavy atom. The lowest BCUT2D eigenvalue weighted by Gasteiger charge is -2.26. The van der Waals surface area contributed by atoms with Crippen LogP contribution in [-0.4, -0.2) is 0 Å². The molecule has 4 heteroatoms. The summed E-state index contributed by atoms with van der Waals surface area (Å²) in [4.78, 5) is 0. The second-order valence-electron chi connectivity index (χ2n) is 7.62. The lowest BCUT2D eigenvalue weighted by molar-refractivity contribution is 0.347.